The van der Waals surface area contributed by atoms with Crippen molar-refractivity contribution < 1.29 is 18.0 Å². The van der Waals surface area contributed by atoms with Gasteiger partial charge in [0.15, 0.2) is 0 Å². The molecule has 4 aliphatic carbocycles. The predicted molar refractivity (Wildman–Crippen MR) is 135 cm³/mol. The first kappa shape index (κ1) is 23.9. The molecule has 0 unspecified atom stereocenters. The number of hydrogen-bond acceptors (Lipinski definition) is 4. The summed E-state index contributed by atoms with van der Waals surface area (Å²) >= 11 is 6.04. The Kier molecular flexibility index (Phi) is 6.36. The molecule has 4 saturated carbocycles. The van der Waals surface area contributed by atoms with Crippen molar-refractivity contribution in [1.82, 2.24) is 10.9 Å². The summed E-state index contributed by atoms with van der Waals surface area (Å²) < 4.78 is 27.7. The molecule has 4 aliphatic rings. The maximum atomic E-state index is 12.9. The van der Waals surface area contributed by atoms with E-state index in [0.717, 1.165) is 19.3 Å². The van der Waals surface area contributed by atoms with Gasteiger partial charge in [-0.25, -0.2) is 8.42 Å². The highest BCUT2D eigenvalue weighted by Gasteiger charge is 2.54. The zero-order chi connectivity index (χ0) is 24.6. The standard InChI is InChI=1S/C26H28ClN3O4S/c27-22-3-1-2-4-23(22)30-35(33,34)21-8-5-17(6-9-21)7-10-24(31)28-29-25(32)26-14-18-11-19(15-26)13-20(12-18)16-26/h1-10,18-20,30H,11-16H2,(H,28,31)(H,29,32)/b10-7+. The average Bonchev–Trinajstić information content (AvgIpc) is 2.82. The molecule has 4 bridgehead atoms. The highest BCUT2D eigenvalue weighted by Crippen LogP contribution is 2.60. The Hall–Kier alpha value is -2.84. The summed E-state index contributed by atoms with van der Waals surface area (Å²) in [6.45, 7) is 0. The minimum absolute atomic E-state index is 0.0704. The normalized spacial score (nSPS) is 27.1. The lowest BCUT2D eigenvalue weighted by Gasteiger charge is -2.55. The molecule has 0 heterocycles. The number of carbonyl (C=O) groups excluding carboxylic acids is 2. The second-order valence-electron chi connectivity index (χ2n) is 10.1. The van der Waals surface area contributed by atoms with Crippen LogP contribution in [0.15, 0.2) is 59.5 Å². The topological polar surface area (TPSA) is 104 Å². The number of hydrogen-bond donors (Lipinski definition) is 3. The highest BCUT2D eigenvalue weighted by atomic mass is 35.5. The number of benzene rings is 2. The summed E-state index contributed by atoms with van der Waals surface area (Å²) in [4.78, 5) is 25.3. The summed E-state index contributed by atoms with van der Waals surface area (Å²) in [6.07, 6.45) is 9.40. The average molecular weight is 514 g/mol. The van der Waals surface area contributed by atoms with E-state index in [0.29, 0.717) is 34.0 Å². The van der Waals surface area contributed by atoms with Crippen LogP contribution in [0.3, 0.4) is 0 Å². The Morgan fingerprint density at radius 2 is 1.49 bits per heavy atom. The Bertz CT molecular complexity index is 1240. The maximum Gasteiger partial charge on any atom is 0.262 e. The fourth-order valence-corrected chi connectivity index (χ4v) is 7.68. The van der Waals surface area contributed by atoms with E-state index in [1.54, 1.807) is 42.5 Å². The van der Waals surface area contributed by atoms with Crippen LogP contribution in [0.5, 0.6) is 0 Å². The van der Waals surface area contributed by atoms with Crippen molar-refractivity contribution in [1.29, 1.82) is 0 Å². The molecule has 35 heavy (non-hydrogen) atoms. The number of carbonyl (C=O) groups is 2. The van der Waals surface area contributed by atoms with Crippen LogP contribution in [0.4, 0.5) is 5.69 Å². The fourth-order valence-electron chi connectivity index (χ4n) is 6.36. The molecule has 0 aliphatic heterocycles. The van der Waals surface area contributed by atoms with Gasteiger partial charge in [0.1, 0.15) is 0 Å². The van der Waals surface area contributed by atoms with Crippen LogP contribution in [-0.4, -0.2) is 20.2 Å². The molecule has 6 rings (SSSR count). The van der Waals surface area contributed by atoms with Crippen LogP contribution in [-0.2, 0) is 19.6 Å². The van der Waals surface area contributed by atoms with Gasteiger partial charge in [0, 0.05) is 6.08 Å². The maximum absolute atomic E-state index is 12.9. The van der Waals surface area contributed by atoms with Crippen molar-refractivity contribution in [2.45, 2.75) is 43.4 Å². The number of anilines is 1. The van der Waals surface area contributed by atoms with Crippen LogP contribution in [0, 0.1) is 23.2 Å². The van der Waals surface area contributed by atoms with E-state index >= 15 is 0 Å². The zero-order valence-corrected chi connectivity index (χ0v) is 20.7. The lowest BCUT2D eigenvalue weighted by atomic mass is 9.49. The Morgan fingerprint density at radius 1 is 0.886 bits per heavy atom. The lowest BCUT2D eigenvalue weighted by Crippen LogP contribution is -2.56. The second-order valence-corrected chi connectivity index (χ2v) is 12.2. The van der Waals surface area contributed by atoms with E-state index in [4.69, 9.17) is 11.6 Å². The molecule has 2 aromatic rings. The van der Waals surface area contributed by atoms with Crippen LogP contribution in [0.2, 0.25) is 5.02 Å². The first-order valence-corrected chi connectivity index (χ1v) is 13.7. The molecule has 0 atom stereocenters. The first-order chi connectivity index (χ1) is 16.7. The van der Waals surface area contributed by atoms with Crippen molar-refractivity contribution in [3.05, 3.63) is 65.2 Å². The van der Waals surface area contributed by atoms with Gasteiger partial charge in [0.25, 0.3) is 15.9 Å². The number of amides is 2. The third-order valence-corrected chi connectivity index (χ3v) is 9.27. The van der Waals surface area contributed by atoms with E-state index in [2.05, 4.69) is 15.6 Å². The number of rotatable bonds is 6. The van der Waals surface area contributed by atoms with Gasteiger partial charge in [0.2, 0.25) is 5.91 Å². The monoisotopic (exact) mass is 513 g/mol. The van der Waals surface area contributed by atoms with Crippen LogP contribution < -0.4 is 15.6 Å². The van der Waals surface area contributed by atoms with Gasteiger partial charge in [-0.2, -0.15) is 0 Å². The summed E-state index contributed by atoms with van der Waals surface area (Å²) in [7, 11) is -3.81. The molecular formula is C26H28ClN3O4S. The first-order valence-electron chi connectivity index (χ1n) is 11.9. The minimum Gasteiger partial charge on any atom is -0.278 e. The number of halogens is 1. The third kappa shape index (κ3) is 5.09. The Morgan fingerprint density at radius 3 is 2.09 bits per heavy atom. The van der Waals surface area contributed by atoms with E-state index in [1.165, 1.54) is 37.5 Å². The van der Waals surface area contributed by atoms with Crippen molar-refractivity contribution in [2.75, 3.05) is 4.72 Å². The fraction of sp³-hybridized carbons (Fsp3) is 0.385. The van der Waals surface area contributed by atoms with Gasteiger partial charge < -0.3 is 0 Å². The second kappa shape index (κ2) is 9.32. The van der Waals surface area contributed by atoms with E-state index in [9.17, 15) is 18.0 Å². The summed E-state index contributed by atoms with van der Waals surface area (Å²) in [5.41, 5.74) is 5.76. The molecule has 7 nitrogen and oxygen atoms in total. The van der Waals surface area contributed by atoms with E-state index in [1.807, 2.05) is 0 Å². The quantitative estimate of drug-likeness (QED) is 0.390. The molecule has 0 spiro atoms. The molecule has 3 N–H and O–H groups in total. The van der Waals surface area contributed by atoms with Gasteiger partial charge in [-0.15, -0.1) is 0 Å². The molecular weight excluding hydrogens is 486 g/mol. The number of nitrogens with one attached hydrogen (secondary N) is 3. The summed E-state index contributed by atoms with van der Waals surface area (Å²) in [5.74, 6) is 1.43. The smallest absolute Gasteiger partial charge is 0.262 e. The highest BCUT2D eigenvalue weighted by molar-refractivity contribution is 7.92. The van der Waals surface area contributed by atoms with Crippen molar-refractivity contribution in [2.24, 2.45) is 23.2 Å². The SMILES string of the molecule is O=C(/C=C/c1ccc(S(=O)(=O)Nc2ccccc2Cl)cc1)NNC(=O)C12CC3CC(CC(C3)C1)C2. The Labute approximate surface area is 210 Å². The van der Waals surface area contributed by atoms with Gasteiger partial charge in [-0.1, -0.05) is 35.9 Å². The van der Waals surface area contributed by atoms with Gasteiger partial charge in [-0.05, 0) is 92.2 Å². The molecule has 0 aromatic heterocycles. The summed E-state index contributed by atoms with van der Waals surface area (Å²) in [5, 5.41) is 0.303. The number of sulfonamides is 1. The molecule has 0 saturated heterocycles. The van der Waals surface area contributed by atoms with E-state index in [-0.39, 0.29) is 16.2 Å². The van der Waals surface area contributed by atoms with Gasteiger partial charge in [0.05, 0.1) is 21.0 Å². The third-order valence-electron chi connectivity index (χ3n) is 7.55. The van der Waals surface area contributed by atoms with Crippen LogP contribution in [0.25, 0.3) is 6.08 Å². The van der Waals surface area contributed by atoms with Crippen molar-refractivity contribution >= 4 is 45.2 Å². The molecule has 9 heteroatoms. The number of para-hydroxylation sites is 1. The molecule has 4 fully saturated rings. The Balaban J connectivity index is 1.15. The minimum atomic E-state index is -3.81. The van der Waals surface area contributed by atoms with Crippen LogP contribution in [0.1, 0.15) is 44.1 Å². The molecule has 184 valence electrons. The number of hydrazine groups is 1. The van der Waals surface area contributed by atoms with Crippen molar-refractivity contribution in [3.63, 3.8) is 0 Å². The van der Waals surface area contributed by atoms with Crippen molar-refractivity contribution in [3.8, 4) is 0 Å². The van der Waals surface area contributed by atoms with Gasteiger partial charge in [-0.3, -0.25) is 25.2 Å². The predicted octanol–water partition coefficient (Wildman–Crippen LogP) is 4.52. The lowest BCUT2D eigenvalue weighted by molar-refractivity contribution is -0.148. The largest absolute Gasteiger partial charge is 0.278 e. The molecule has 2 amide bonds. The van der Waals surface area contributed by atoms with E-state index < -0.39 is 15.9 Å². The summed E-state index contributed by atoms with van der Waals surface area (Å²) in [6, 6.07) is 12.7. The molecule has 2 aromatic carbocycles. The molecule has 0 radical (unpaired) electrons. The van der Waals surface area contributed by atoms with Gasteiger partial charge >= 0.3 is 0 Å². The zero-order valence-electron chi connectivity index (χ0n) is 19.2. The van der Waals surface area contributed by atoms with Crippen LogP contribution >= 0.6 is 11.6 Å².